The van der Waals surface area contributed by atoms with Crippen LogP contribution in [0.15, 0.2) is 36.5 Å². The van der Waals surface area contributed by atoms with Gasteiger partial charge in [0, 0.05) is 26.2 Å². The van der Waals surface area contributed by atoms with Gasteiger partial charge in [0.1, 0.15) is 0 Å². The Kier molecular flexibility index (Phi) is 4.28. The van der Waals surface area contributed by atoms with E-state index < -0.39 is 0 Å². The van der Waals surface area contributed by atoms with Crippen LogP contribution in [0, 0.1) is 0 Å². The second-order valence-corrected chi connectivity index (χ2v) is 5.31. The Balaban J connectivity index is 1.78. The zero-order chi connectivity index (χ0) is 14.5. The minimum Gasteiger partial charge on any atom is -0.351 e. The van der Waals surface area contributed by atoms with Crippen molar-refractivity contribution >= 4 is 11.8 Å². The number of hydrogen-bond acceptors (Lipinski definition) is 5. The molecule has 0 saturated carbocycles. The zero-order valence-corrected chi connectivity index (χ0v) is 12.4. The van der Waals surface area contributed by atoms with Crippen molar-refractivity contribution in [2.75, 3.05) is 29.4 Å². The molecule has 21 heavy (non-hydrogen) atoms. The highest BCUT2D eigenvalue weighted by Crippen LogP contribution is 2.19. The first-order valence-electron chi connectivity index (χ1n) is 7.60. The van der Waals surface area contributed by atoms with E-state index in [1.54, 1.807) is 6.20 Å². The van der Waals surface area contributed by atoms with Crippen LogP contribution in [0.25, 0.3) is 0 Å². The van der Waals surface area contributed by atoms with E-state index in [1.165, 1.54) is 18.4 Å². The third kappa shape index (κ3) is 3.29. The molecule has 1 fully saturated rings. The summed E-state index contributed by atoms with van der Waals surface area (Å²) in [5.74, 6) is 1.66. The van der Waals surface area contributed by atoms with Crippen molar-refractivity contribution < 1.29 is 0 Å². The Labute approximate surface area is 125 Å². The second-order valence-electron chi connectivity index (χ2n) is 5.31. The van der Waals surface area contributed by atoms with E-state index in [-0.39, 0.29) is 0 Å². The monoisotopic (exact) mass is 283 g/mol. The first-order chi connectivity index (χ1) is 10.4. The van der Waals surface area contributed by atoms with Crippen LogP contribution >= 0.6 is 0 Å². The maximum atomic E-state index is 4.70. The van der Waals surface area contributed by atoms with Crippen molar-refractivity contribution in [3.63, 3.8) is 0 Å². The molecular weight excluding hydrogens is 262 g/mol. The third-order valence-corrected chi connectivity index (χ3v) is 3.85. The number of nitrogens with zero attached hydrogens (tertiary/aromatic N) is 5. The van der Waals surface area contributed by atoms with E-state index in [9.17, 15) is 0 Å². The SMILES string of the molecule is CCN(Cc1ccccc1)c1cnnc(N2CCCC2)n1. The lowest BCUT2D eigenvalue weighted by Crippen LogP contribution is -2.26. The maximum absolute atomic E-state index is 4.70. The molecule has 0 aliphatic carbocycles. The minimum atomic E-state index is 0.761. The van der Waals surface area contributed by atoms with Crippen molar-refractivity contribution in [2.45, 2.75) is 26.3 Å². The molecule has 5 heteroatoms. The summed E-state index contributed by atoms with van der Waals surface area (Å²) in [7, 11) is 0. The van der Waals surface area contributed by atoms with Crippen LogP contribution in [0.1, 0.15) is 25.3 Å². The molecule has 0 bridgehead atoms. The summed E-state index contributed by atoms with van der Waals surface area (Å²) in [6.45, 7) is 5.95. The number of rotatable bonds is 5. The molecule has 1 aliphatic heterocycles. The van der Waals surface area contributed by atoms with Gasteiger partial charge in [-0.15, -0.1) is 5.10 Å². The predicted octanol–water partition coefficient (Wildman–Crippen LogP) is 2.50. The van der Waals surface area contributed by atoms with Gasteiger partial charge in [0.15, 0.2) is 5.82 Å². The lowest BCUT2D eigenvalue weighted by molar-refractivity contribution is 0.780. The first-order valence-corrected chi connectivity index (χ1v) is 7.60. The highest BCUT2D eigenvalue weighted by molar-refractivity contribution is 5.42. The van der Waals surface area contributed by atoms with E-state index in [0.717, 1.165) is 37.9 Å². The Hall–Kier alpha value is -2.17. The molecule has 3 rings (SSSR count). The van der Waals surface area contributed by atoms with Crippen LogP contribution in [-0.2, 0) is 6.54 Å². The second kappa shape index (κ2) is 6.52. The summed E-state index contributed by atoms with van der Waals surface area (Å²) in [5.41, 5.74) is 1.28. The summed E-state index contributed by atoms with van der Waals surface area (Å²) in [6.07, 6.45) is 4.19. The summed E-state index contributed by atoms with van der Waals surface area (Å²) in [4.78, 5) is 9.14. The molecule has 1 aromatic heterocycles. The van der Waals surface area contributed by atoms with Crippen molar-refractivity contribution in [3.05, 3.63) is 42.1 Å². The van der Waals surface area contributed by atoms with Gasteiger partial charge in [0.25, 0.3) is 0 Å². The summed E-state index contributed by atoms with van der Waals surface area (Å²) in [5, 5.41) is 8.33. The summed E-state index contributed by atoms with van der Waals surface area (Å²) >= 11 is 0. The Morgan fingerprint density at radius 1 is 1.14 bits per heavy atom. The highest BCUT2D eigenvalue weighted by atomic mass is 15.4. The highest BCUT2D eigenvalue weighted by Gasteiger charge is 2.17. The zero-order valence-electron chi connectivity index (χ0n) is 12.4. The van der Waals surface area contributed by atoms with Crippen LogP contribution in [0.5, 0.6) is 0 Å². The molecule has 2 aromatic rings. The van der Waals surface area contributed by atoms with Gasteiger partial charge in [-0.25, -0.2) is 0 Å². The molecule has 110 valence electrons. The molecule has 1 aliphatic rings. The normalized spacial score (nSPS) is 14.4. The van der Waals surface area contributed by atoms with E-state index in [2.05, 4.69) is 51.2 Å². The smallest absolute Gasteiger partial charge is 0.247 e. The largest absolute Gasteiger partial charge is 0.351 e. The summed E-state index contributed by atoms with van der Waals surface area (Å²) in [6, 6.07) is 10.4. The Morgan fingerprint density at radius 2 is 1.90 bits per heavy atom. The van der Waals surface area contributed by atoms with Gasteiger partial charge in [-0.2, -0.15) is 10.1 Å². The average Bonchev–Trinajstić information content (AvgIpc) is 3.08. The van der Waals surface area contributed by atoms with Gasteiger partial charge in [0.05, 0.1) is 6.20 Å². The van der Waals surface area contributed by atoms with E-state index in [1.807, 2.05) is 6.07 Å². The number of benzene rings is 1. The first kappa shape index (κ1) is 13.8. The topological polar surface area (TPSA) is 45.2 Å². The van der Waals surface area contributed by atoms with Crippen LogP contribution in [-0.4, -0.2) is 34.8 Å². The molecule has 1 aromatic carbocycles. The fraction of sp³-hybridized carbons (Fsp3) is 0.438. The molecule has 0 spiro atoms. The van der Waals surface area contributed by atoms with Gasteiger partial charge < -0.3 is 9.80 Å². The molecular formula is C16H21N5. The van der Waals surface area contributed by atoms with Gasteiger partial charge in [-0.1, -0.05) is 30.3 Å². The van der Waals surface area contributed by atoms with Crippen LogP contribution in [0.4, 0.5) is 11.8 Å². The lowest BCUT2D eigenvalue weighted by Gasteiger charge is -2.23. The van der Waals surface area contributed by atoms with Gasteiger partial charge >= 0.3 is 0 Å². The van der Waals surface area contributed by atoms with Crippen molar-refractivity contribution in [2.24, 2.45) is 0 Å². The summed E-state index contributed by atoms with van der Waals surface area (Å²) < 4.78 is 0. The van der Waals surface area contributed by atoms with Crippen LogP contribution in [0.2, 0.25) is 0 Å². The fourth-order valence-electron chi connectivity index (χ4n) is 2.65. The van der Waals surface area contributed by atoms with Gasteiger partial charge in [-0.05, 0) is 25.3 Å². The standard InChI is InChI=1S/C16H21N5/c1-2-20(13-14-8-4-3-5-9-14)15-12-17-19-16(18-15)21-10-6-7-11-21/h3-5,8-9,12H,2,6-7,10-11,13H2,1H3. The number of aromatic nitrogens is 3. The molecule has 0 N–H and O–H groups in total. The average molecular weight is 283 g/mol. The molecule has 5 nitrogen and oxygen atoms in total. The Bertz CT molecular complexity index is 566. The van der Waals surface area contributed by atoms with Crippen LogP contribution in [0.3, 0.4) is 0 Å². The van der Waals surface area contributed by atoms with Crippen molar-refractivity contribution in [1.82, 2.24) is 15.2 Å². The molecule has 0 atom stereocenters. The maximum Gasteiger partial charge on any atom is 0.247 e. The minimum absolute atomic E-state index is 0.761. The molecule has 0 amide bonds. The molecule has 1 saturated heterocycles. The Morgan fingerprint density at radius 3 is 2.62 bits per heavy atom. The van der Waals surface area contributed by atoms with Gasteiger partial charge in [-0.3, -0.25) is 0 Å². The van der Waals surface area contributed by atoms with Crippen molar-refractivity contribution in [1.29, 1.82) is 0 Å². The van der Waals surface area contributed by atoms with Crippen LogP contribution < -0.4 is 9.80 Å². The molecule has 2 heterocycles. The van der Waals surface area contributed by atoms with E-state index in [4.69, 9.17) is 4.98 Å². The van der Waals surface area contributed by atoms with E-state index in [0.29, 0.717) is 0 Å². The van der Waals surface area contributed by atoms with E-state index >= 15 is 0 Å². The number of hydrogen-bond donors (Lipinski definition) is 0. The quantitative estimate of drug-likeness (QED) is 0.843. The van der Waals surface area contributed by atoms with Crippen molar-refractivity contribution in [3.8, 4) is 0 Å². The fourth-order valence-corrected chi connectivity index (χ4v) is 2.65. The number of anilines is 2. The third-order valence-electron chi connectivity index (χ3n) is 3.85. The van der Waals surface area contributed by atoms with Gasteiger partial charge in [0.2, 0.25) is 5.95 Å². The molecule has 0 radical (unpaired) electrons. The lowest BCUT2D eigenvalue weighted by atomic mass is 10.2. The predicted molar refractivity (Wildman–Crippen MR) is 84.4 cm³/mol. The molecule has 0 unspecified atom stereocenters.